The molecule has 2 aliphatic rings. The standard InChI is InChI=1S/C20H25N5O/c26-20(25-14-2-1-3-15-25)18-10-11-19(23-22-18)21-16-6-8-17(9-7-16)24-12-4-5-13-24/h6-11H,1-5,12-15H2,(H,21,23). The van der Waals surface area contributed by atoms with E-state index < -0.39 is 0 Å². The summed E-state index contributed by atoms with van der Waals surface area (Å²) in [5.74, 6) is 0.632. The molecule has 2 aliphatic heterocycles. The number of carbonyl (C=O) groups is 1. The molecule has 1 aromatic heterocycles. The number of carbonyl (C=O) groups excluding carboxylic acids is 1. The zero-order valence-electron chi connectivity index (χ0n) is 15.0. The van der Waals surface area contributed by atoms with E-state index in [2.05, 4.69) is 44.7 Å². The fourth-order valence-corrected chi connectivity index (χ4v) is 3.65. The molecule has 6 heteroatoms. The van der Waals surface area contributed by atoms with E-state index in [-0.39, 0.29) is 5.91 Å². The van der Waals surface area contributed by atoms with Crippen LogP contribution < -0.4 is 10.2 Å². The first-order valence-electron chi connectivity index (χ1n) is 9.55. The van der Waals surface area contributed by atoms with Gasteiger partial charge in [0, 0.05) is 37.6 Å². The van der Waals surface area contributed by atoms with Crippen LogP contribution in [0.2, 0.25) is 0 Å². The molecular formula is C20H25N5O. The van der Waals surface area contributed by atoms with E-state index >= 15 is 0 Å². The van der Waals surface area contributed by atoms with Crippen molar-refractivity contribution in [3.8, 4) is 0 Å². The van der Waals surface area contributed by atoms with E-state index in [1.807, 2.05) is 11.0 Å². The third-order valence-electron chi connectivity index (χ3n) is 5.14. The molecule has 0 unspecified atom stereocenters. The fourth-order valence-electron chi connectivity index (χ4n) is 3.65. The van der Waals surface area contributed by atoms with Gasteiger partial charge in [0.15, 0.2) is 11.5 Å². The van der Waals surface area contributed by atoms with Crippen molar-refractivity contribution in [3.05, 3.63) is 42.1 Å². The molecule has 2 aromatic rings. The Morgan fingerprint density at radius 1 is 0.808 bits per heavy atom. The first-order valence-corrected chi connectivity index (χ1v) is 9.55. The van der Waals surface area contributed by atoms with Gasteiger partial charge in [-0.25, -0.2) is 0 Å². The minimum Gasteiger partial charge on any atom is -0.372 e. The summed E-state index contributed by atoms with van der Waals surface area (Å²) < 4.78 is 0. The lowest BCUT2D eigenvalue weighted by Crippen LogP contribution is -2.36. The van der Waals surface area contributed by atoms with Crippen molar-refractivity contribution in [3.63, 3.8) is 0 Å². The van der Waals surface area contributed by atoms with E-state index in [0.29, 0.717) is 11.5 Å². The lowest BCUT2D eigenvalue weighted by atomic mass is 10.1. The van der Waals surface area contributed by atoms with E-state index in [0.717, 1.165) is 44.7 Å². The average Bonchev–Trinajstić information content (AvgIpc) is 3.24. The lowest BCUT2D eigenvalue weighted by Gasteiger charge is -2.26. The van der Waals surface area contributed by atoms with Crippen LogP contribution in [0.1, 0.15) is 42.6 Å². The van der Waals surface area contributed by atoms with Gasteiger partial charge in [-0.1, -0.05) is 0 Å². The number of amides is 1. The molecule has 0 atom stereocenters. The molecule has 4 rings (SSSR count). The van der Waals surface area contributed by atoms with Crippen molar-refractivity contribution in [2.45, 2.75) is 32.1 Å². The topological polar surface area (TPSA) is 61.4 Å². The van der Waals surface area contributed by atoms with Crippen LogP contribution >= 0.6 is 0 Å². The largest absolute Gasteiger partial charge is 0.372 e. The highest BCUT2D eigenvalue weighted by molar-refractivity contribution is 5.92. The number of nitrogens with zero attached hydrogens (tertiary/aromatic N) is 4. The van der Waals surface area contributed by atoms with Crippen molar-refractivity contribution in [1.82, 2.24) is 15.1 Å². The quantitative estimate of drug-likeness (QED) is 0.914. The number of piperidine rings is 1. The number of benzene rings is 1. The Kier molecular flexibility index (Phi) is 5.00. The average molecular weight is 351 g/mol. The highest BCUT2D eigenvalue weighted by atomic mass is 16.2. The van der Waals surface area contributed by atoms with Gasteiger partial charge in [-0.2, -0.15) is 0 Å². The number of nitrogens with one attached hydrogen (secondary N) is 1. The molecule has 1 aromatic carbocycles. The summed E-state index contributed by atoms with van der Waals surface area (Å²) in [6, 6.07) is 12.0. The Labute approximate surface area is 154 Å². The van der Waals surface area contributed by atoms with Crippen LogP contribution in [-0.4, -0.2) is 47.2 Å². The predicted octanol–water partition coefficient (Wildman–Crippen LogP) is 3.45. The lowest BCUT2D eigenvalue weighted by molar-refractivity contribution is 0.0717. The van der Waals surface area contributed by atoms with Gasteiger partial charge in [-0.15, -0.1) is 10.2 Å². The molecule has 0 spiro atoms. The van der Waals surface area contributed by atoms with Crippen LogP contribution in [0.5, 0.6) is 0 Å². The normalized spacial score (nSPS) is 17.4. The minimum atomic E-state index is -0.0151. The monoisotopic (exact) mass is 351 g/mol. The third kappa shape index (κ3) is 3.79. The molecule has 1 amide bonds. The number of anilines is 3. The van der Waals surface area contributed by atoms with Crippen LogP contribution in [0.25, 0.3) is 0 Å². The summed E-state index contributed by atoms with van der Waals surface area (Å²) in [4.78, 5) is 16.7. The Morgan fingerprint density at radius 2 is 1.50 bits per heavy atom. The first-order chi connectivity index (χ1) is 12.8. The van der Waals surface area contributed by atoms with Gasteiger partial charge in [-0.05, 0) is 68.5 Å². The summed E-state index contributed by atoms with van der Waals surface area (Å²) in [7, 11) is 0. The molecule has 1 N–H and O–H groups in total. The van der Waals surface area contributed by atoms with Gasteiger partial charge < -0.3 is 15.1 Å². The molecule has 3 heterocycles. The summed E-state index contributed by atoms with van der Waals surface area (Å²) in [6.07, 6.45) is 5.91. The Hall–Kier alpha value is -2.63. The van der Waals surface area contributed by atoms with Gasteiger partial charge in [0.2, 0.25) is 0 Å². The molecule has 6 nitrogen and oxygen atoms in total. The zero-order chi connectivity index (χ0) is 17.8. The van der Waals surface area contributed by atoms with Crippen LogP contribution in [0.3, 0.4) is 0 Å². The highest BCUT2D eigenvalue weighted by Gasteiger charge is 2.19. The first kappa shape index (κ1) is 16.8. The van der Waals surface area contributed by atoms with Gasteiger partial charge in [0.25, 0.3) is 5.91 Å². The van der Waals surface area contributed by atoms with Crippen LogP contribution in [-0.2, 0) is 0 Å². The molecule has 0 radical (unpaired) electrons. The molecule has 136 valence electrons. The maximum atomic E-state index is 12.4. The van der Waals surface area contributed by atoms with Crippen molar-refractivity contribution in [2.75, 3.05) is 36.4 Å². The van der Waals surface area contributed by atoms with Crippen molar-refractivity contribution >= 4 is 23.1 Å². The summed E-state index contributed by atoms with van der Waals surface area (Å²) in [6.45, 7) is 3.93. The van der Waals surface area contributed by atoms with Gasteiger partial charge in [0.1, 0.15) is 0 Å². The molecular weight excluding hydrogens is 326 g/mol. The second-order valence-electron chi connectivity index (χ2n) is 7.02. The summed E-state index contributed by atoms with van der Waals surface area (Å²) in [5, 5.41) is 11.5. The van der Waals surface area contributed by atoms with Gasteiger partial charge >= 0.3 is 0 Å². The number of likely N-dealkylation sites (tertiary alicyclic amines) is 1. The molecule has 2 fully saturated rings. The summed E-state index contributed by atoms with van der Waals surface area (Å²) in [5.41, 5.74) is 2.65. The molecule has 2 saturated heterocycles. The second kappa shape index (κ2) is 7.72. The number of hydrogen-bond donors (Lipinski definition) is 1. The van der Waals surface area contributed by atoms with Crippen molar-refractivity contribution in [2.24, 2.45) is 0 Å². The van der Waals surface area contributed by atoms with Gasteiger partial charge in [-0.3, -0.25) is 4.79 Å². The second-order valence-corrected chi connectivity index (χ2v) is 7.02. The van der Waals surface area contributed by atoms with Crippen LogP contribution in [0.15, 0.2) is 36.4 Å². The predicted molar refractivity (Wildman–Crippen MR) is 103 cm³/mol. The van der Waals surface area contributed by atoms with E-state index in [4.69, 9.17) is 0 Å². The SMILES string of the molecule is O=C(c1ccc(Nc2ccc(N3CCCC3)cc2)nn1)N1CCCCC1. The molecule has 0 aliphatic carbocycles. The molecule has 0 bridgehead atoms. The smallest absolute Gasteiger partial charge is 0.274 e. The summed E-state index contributed by atoms with van der Waals surface area (Å²) >= 11 is 0. The van der Waals surface area contributed by atoms with Gasteiger partial charge in [0.05, 0.1) is 0 Å². The Morgan fingerprint density at radius 3 is 2.15 bits per heavy atom. The number of aromatic nitrogens is 2. The van der Waals surface area contributed by atoms with Crippen LogP contribution in [0, 0.1) is 0 Å². The minimum absolute atomic E-state index is 0.0151. The third-order valence-corrected chi connectivity index (χ3v) is 5.14. The van der Waals surface area contributed by atoms with Crippen molar-refractivity contribution in [1.29, 1.82) is 0 Å². The number of rotatable bonds is 4. The van der Waals surface area contributed by atoms with Crippen LogP contribution in [0.4, 0.5) is 17.2 Å². The number of hydrogen-bond acceptors (Lipinski definition) is 5. The highest BCUT2D eigenvalue weighted by Crippen LogP contribution is 2.23. The maximum absolute atomic E-state index is 12.4. The van der Waals surface area contributed by atoms with E-state index in [1.54, 1.807) is 6.07 Å². The Bertz CT molecular complexity index is 732. The maximum Gasteiger partial charge on any atom is 0.274 e. The fraction of sp³-hybridized carbons (Fsp3) is 0.450. The molecule has 26 heavy (non-hydrogen) atoms. The van der Waals surface area contributed by atoms with Crippen molar-refractivity contribution < 1.29 is 4.79 Å². The van der Waals surface area contributed by atoms with E-state index in [1.165, 1.54) is 24.9 Å². The molecule has 0 saturated carbocycles. The zero-order valence-corrected chi connectivity index (χ0v) is 15.0. The van der Waals surface area contributed by atoms with E-state index in [9.17, 15) is 4.79 Å². The Balaban J connectivity index is 1.38.